The molecule has 0 aliphatic carbocycles. The lowest BCUT2D eigenvalue weighted by atomic mass is 9.97. The first-order valence-corrected chi connectivity index (χ1v) is 7.52. The first-order valence-electron chi connectivity index (χ1n) is 7.52. The molecule has 1 atom stereocenters. The van der Waals surface area contributed by atoms with Gasteiger partial charge in [-0.1, -0.05) is 12.1 Å². The fraction of sp³-hybridized carbons (Fsp3) is 0.625. The summed E-state index contributed by atoms with van der Waals surface area (Å²) in [7, 11) is 0. The number of nitrogens with two attached hydrogens (primary N) is 1. The second-order valence-electron chi connectivity index (χ2n) is 5.84. The van der Waals surface area contributed by atoms with Crippen molar-refractivity contribution in [3.8, 4) is 5.75 Å². The summed E-state index contributed by atoms with van der Waals surface area (Å²) in [5.41, 5.74) is 8.62. The summed E-state index contributed by atoms with van der Waals surface area (Å²) in [5, 5.41) is 0. The molecule has 1 aromatic rings. The van der Waals surface area contributed by atoms with Gasteiger partial charge in [-0.3, -0.25) is 0 Å². The van der Waals surface area contributed by atoms with Crippen molar-refractivity contribution in [3.05, 3.63) is 29.3 Å². The first-order chi connectivity index (χ1) is 9.35. The Hall–Kier alpha value is -1.06. The number of hydrogen-bond acceptors (Lipinski definition) is 3. The molecule has 104 valence electrons. The van der Waals surface area contributed by atoms with E-state index in [2.05, 4.69) is 23.1 Å². The van der Waals surface area contributed by atoms with Crippen molar-refractivity contribution >= 4 is 0 Å². The number of rotatable bonds is 4. The Labute approximate surface area is 115 Å². The van der Waals surface area contributed by atoms with E-state index in [1.165, 1.54) is 37.1 Å². The molecule has 0 spiro atoms. The van der Waals surface area contributed by atoms with Gasteiger partial charge in [0.05, 0.1) is 6.61 Å². The molecule has 0 aromatic heterocycles. The normalized spacial score (nSPS) is 23.1. The Bertz CT molecular complexity index is 433. The molecule has 1 aromatic carbocycles. The highest BCUT2D eigenvalue weighted by molar-refractivity contribution is 5.39. The van der Waals surface area contributed by atoms with Crippen molar-refractivity contribution in [1.82, 2.24) is 4.90 Å². The van der Waals surface area contributed by atoms with Crippen molar-refractivity contribution in [2.45, 2.75) is 25.7 Å². The van der Waals surface area contributed by atoms with E-state index < -0.39 is 0 Å². The van der Waals surface area contributed by atoms with Crippen molar-refractivity contribution in [2.24, 2.45) is 11.7 Å². The van der Waals surface area contributed by atoms with E-state index in [0.717, 1.165) is 38.3 Å². The smallest absolute Gasteiger partial charge is 0.122 e. The van der Waals surface area contributed by atoms with Crippen LogP contribution in [0, 0.1) is 5.92 Å². The summed E-state index contributed by atoms with van der Waals surface area (Å²) in [5.74, 6) is 1.80. The largest absolute Gasteiger partial charge is 0.493 e. The van der Waals surface area contributed by atoms with Crippen LogP contribution in [0.3, 0.4) is 0 Å². The van der Waals surface area contributed by atoms with E-state index in [4.69, 9.17) is 10.5 Å². The molecule has 3 heteroatoms. The molecule has 1 saturated heterocycles. The summed E-state index contributed by atoms with van der Waals surface area (Å²) in [6.07, 6.45) is 4.83. The zero-order valence-corrected chi connectivity index (χ0v) is 11.6. The summed E-state index contributed by atoms with van der Waals surface area (Å²) in [4.78, 5) is 2.57. The van der Waals surface area contributed by atoms with Gasteiger partial charge in [0.1, 0.15) is 5.75 Å². The minimum absolute atomic E-state index is 0.710. The molecule has 1 fully saturated rings. The van der Waals surface area contributed by atoms with E-state index in [-0.39, 0.29) is 0 Å². The summed E-state index contributed by atoms with van der Waals surface area (Å²) in [6.45, 7) is 5.28. The number of likely N-dealkylation sites (tertiary alicyclic amines) is 1. The highest BCUT2D eigenvalue weighted by atomic mass is 16.5. The quantitative estimate of drug-likeness (QED) is 0.897. The standard InChI is InChI=1S/C16H24N2O/c17-11-14-2-1-7-18(12-14)8-5-13-3-4-16-15(10-13)6-9-19-16/h3-4,10,14H,1-2,5-9,11-12,17H2. The van der Waals surface area contributed by atoms with Crippen LogP contribution in [-0.2, 0) is 12.8 Å². The maximum Gasteiger partial charge on any atom is 0.122 e. The van der Waals surface area contributed by atoms with Gasteiger partial charge in [-0.15, -0.1) is 0 Å². The number of benzene rings is 1. The van der Waals surface area contributed by atoms with Gasteiger partial charge >= 0.3 is 0 Å². The molecule has 0 bridgehead atoms. The van der Waals surface area contributed by atoms with Gasteiger partial charge in [-0.05, 0) is 55.5 Å². The number of nitrogens with zero attached hydrogens (tertiary/aromatic N) is 1. The van der Waals surface area contributed by atoms with Crippen molar-refractivity contribution in [1.29, 1.82) is 0 Å². The van der Waals surface area contributed by atoms with E-state index in [9.17, 15) is 0 Å². The number of fused-ring (bicyclic) bond motifs is 1. The van der Waals surface area contributed by atoms with Crippen LogP contribution < -0.4 is 10.5 Å². The molecule has 2 aliphatic heterocycles. The van der Waals surface area contributed by atoms with Crippen LogP contribution in [0.4, 0.5) is 0 Å². The predicted molar refractivity (Wildman–Crippen MR) is 77.6 cm³/mol. The maximum atomic E-state index is 5.79. The number of piperidine rings is 1. The van der Waals surface area contributed by atoms with Crippen LogP contribution in [0.15, 0.2) is 18.2 Å². The highest BCUT2D eigenvalue weighted by Crippen LogP contribution is 2.26. The zero-order chi connectivity index (χ0) is 13.1. The van der Waals surface area contributed by atoms with E-state index in [1.807, 2.05) is 0 Å². The Kier molecular flexibility index (Phi) is 4.04. The molecule has 0 radical (unpaired) electrons. The lowest BCUT2D eigenvalue weighted by Gasteiger charge is -2.32. The van der Waals surface area contributed by atoms with Gasteiger partial charge in [-0.25, -0.2) is 0 Å². The molecule has 0 amide bonds. The molecular weight excluding hydrogens is 236 g/mol. The third-order valence-corrected chi connectivity index (χ3v) is 4.41. The summed E-state index contributed by atoms with van der Waals surface area (Å²) < 4.78 is 5.55. The molecule has 19 heavy (non-hydrogen) atoms. The average Bonchev–Trinajstić information content (AvgIpc) is 2.93. The van der Waals surface area contributed by atoms with Gasteiger partial charge in [0, 0.05) is 19.5 Å². The minimum Gasteiger partial charge on any atom is -0.493 e. The third-order valence-electron chi connectivity index (χ3n) is 4.41. The van der Waals surface area contributed by atoms with E-state index >= 15 is 0 Å². The number of ether oxygens (including phenoxy) is 1. The van der Waals surface area contributed by atoms with Gasteiger partial charge in [0.25, 0.3) is 0 Å². The van der Waals surface area contributed by atoms with Gasteiger partial charge in [-0.2, -0.15) is 0 Å². The topological polar surface area (TPSA) is 38.5 Å². The van der Waals surface area contributed by atoms with Crippen LogP contribution in [0.1, 0.15) is 24.0 Å². The fourth-order valence-corrected chi connectivity index (χ4v) is 3.23. The Balaban J connectivity index is 1.54. The second-order valence-corrected chi connectivity index (χ2v) is 5.84. The van der Waals surface area contributed by atoms with Crippen LogP contribution in [0.5, 0.6) is 5.75 Å². The van der Waals surface area contributed by atoms with Gasteiger partial charge < -0.3 is 15.4 Å². The summed E-state index contributed by atoms with van der Waals surface area (Å²) in [6, 6.07) is 6.68. The Morgan fingerprint density at radius 3 is 3.21 bits per heavy atom. The minimum atomic E-state index is 0.710. The summed E-state index contributed by atoms with van der Waals surface area (Å²) >= 11 is 0. The Morgan fingerprint density at radius 1 is 1.37 bits per heavy atom. The molecule has 3 nitrogen and oxygen atoms in total. The van der Waals surface area contributed by atoms with Gasteiger partial charge in [0.2, 0.25) is 0 Å². The number of hydrogen-bond donors (Lipinski definition) is 1. The van der Waals surface area contributed by atoms with E-state index in [0.29, 0.717) is 5.92 Å². The van der Waals surface area contributed by atoms with Crippen molar-refractivity contribution < 1.29 is 4.74 Å². The first kappa shape index (κ1) is 12.9. The molecule has 1 unspecified atom stereocenters. The molecule has 2 heterocycles. The predicted octanol–water partition coefficient (Wildman–Crippen LogP) is 1.83. The molecule has 2 aliphatic rings. The molecule has 2 N–H and O–H groups in total. The lowest BCUT2D eigenvalue weighted by molar-refractivity contribution is 0.180. The Morgan fingerprint density at radius 2 is 2.32 bits per heavy atom. The zero-order valence-electron chi connectivity index (χ0n) is 11.6. The van der Waals surface area contributed by atoms with Crippen LogP contribution in [0.2, 0.25) is 0 Å². The second kappa shape index (κ2) is 5.93. The van der Waals surface area contributed by atoms with E-state index in [1.54, 1.807) is 0 Å². The third kappa shape index (κ3) is 3.10. The van der Waals surface area contributed by atoms with Gasteiger partial charge in [0.15, 0.2) is 0 Å². The fourth-order valence-electron chi connectivity index (χ4n) is 3.23. The van der Waals surface area contributed by atoms with Crippen LogP contribution in [0.25, 0.3) is 0 Å². The monoisotopic (exact) mass is 260 g/mol. The van der Waals surface area contributed by atoms with Crippen LogP contribution >= 0.6 is 0 Å². The molecule has 0 saturated carbocycles. The SMILES string of the molecule is NCC1CCCN(CCc2ccc3c(c2)CCO3)C1. The van der Waals surface area contributed by atoms with Crippen molar-refractivity contribution in [2.75, 3.05) is 32.8 Å². The maximum absolute atomic E-state index is 5.79. The average molecular weight is 260 g/mol. The van der Waals surface area contributed by atoms with Crippen LogP contribution in [-0.4, -0.2) is 37.7 Å². The molecular formula is C16H24N2O. The molecule has 3 rings (SSSR count). The highest BCUT2D eigenvalue weighted by Gasteiger charge is 2.18. The van der Waals surface area contributed by atoms with Crippen molar-refractivity contribution in [3.63, 3.8) is 0 Å². The lowest BCUT2D eigenvalue weighted by Crippen LogP contribution is -2.39.